The molecule has 0 radical (unpaired) electrons. The summed E-state index contributed by atoms with van der Waals surface area (Å²) < 4.78 is 68.1. The van der Waals surface area contributed by atoms with Gasteiger partial charge in [0.25, 0.3) is 0 Å². The van der Waals surface area contributed by atoms with Gasteiger partial charge in [0, 0.05) is 10.9 Å². The molecular weight excluding hydrogens is 626 g/mol. The number of nitriles is 1. The lowest BCUT2D eigenvalue weighted by Crippen LogP contribution is -2.60. The van der Waals surface area contributed by atoms with E-state index in [9.17, 15) is 19.1 Å². The highest BCUT2D eigenvalue weighted by Crippen LogP contribution is 2.43. The third kappa shape index (κ3) is 5.26. The number of anilines is 1. The zero-order valence-corrected chi connectivity index (χ0v) is 26.9. The predicted molar refractivity (Wildman–Crippen MR) is 173 cm³/mol. The highest BCUT2D eigenvalue weighted by Gasteiger charge is 2.45. The fourth-order valence-corrected chi connectivity index (χ4v) is 8.05. The lowest BCUT2D eigenvalue weighted by molar-refractivity contribution is 0.102. The van der Waals surface area contributed by atoms with Crippen molar-refractivity contribution in [3.63, 3.8) is 0 Å². The molecule has 3 atom stereocenters. The molecule has 252 valence electrons. The number of phenols is 1. The minimum absolute atomic E-state index is 0.0190. The third-order valence-corrected chi connectivity index (χ3v) is 10.1. The Balaban J connectivity index is 0.00000179. The first-order valence-electron chi connectivity index (χ1n) is 16.7. The van der Waals surface area contributed by atoms with Crippen molar-refractivity contribution in [1.82, 2.24) is 25.2 Å². The number of aromatic hydroxyl groups is 1. The monoisotopic (exact) mass is 663 g/mol. The van der Waals surface area contributed by atoms with E-state index in [1.807, 2.05) is 19.9 Å². The first kappa shape index (κ1) is 32.3. The van der Waals surface area contributed by atoms with Crippen LogP contribution in [0.3, 0.4) is 0 Å². The molecule has 48 heavy (non-hydrogen) atoms. The van der Waals surface area contributed by atoms with Crippen molar-refractivity contribution in [2.24, 2.45) is 0 Å². The molecule has 4 aliphatic rings. The number of fused-ring (bicyclic) bond motifs is 4. The van der Waals surface area contributed by atoms with Crippen molar-refractivity contribution in [1.29, 1.82) is 5.26 Å². The summed E-state index contributed by atoms with van der Waals surface area (Å²) in [6.07, 6.45) is 1.70. The minimum Gasteiger partial charge on any atom is -0.508 e. The highest BCUT2D eigenvalue weighted by atomic mass is 19.2. The van der Waals surface area contributed by atoms with E-state index in [4.69, 9.17) is 4.74 Å². The maximum absolute atomic E-state index is 17.0. The lowest BCUT2D eigenvalue weighted by Gasteiger charge is -2.42. The summed E-state index contributed by atoms with van der Waals surface area (Å²) >= 11 is 0. The van der Waals surface area contributed by atoms with Crippen LogP contribution in [-0.4, -0.2) is 75.4 Å². The van der Waals surface area contributed by atoms with Crippen LogP contribution < -0.4 is 15.0 Å². The molecule has 3 fully saturated rings. The number of piperazine rings is 1. The van der Waals surface area contributed by atoms with E-state index in [0.717, 1.165) is 44.8 Å². The first-order chi connectivity index (χ1) is 23.3. The van der Waals surface area contributed by atoms with Crippen LogP contribution >= 0.6 is 0 Å². The van der Waals surface area contributed by atoms with E-state index >= 15 is 8.78 Å². The molecule has 9 nitrogen and oxygen atoms in total. The van der Waals surface area contributed by atoms with E-state index in [-0.39, 0.29) is 69.4 Å². The number of hydrogen-bond donors (Lipinski definition) is 2. The molecule has 0 bridgehead atoms. The number of nitrogens with one attached hydrogen (secondary N) is 1. The summed E-state index contributed by atoms with van der Waals surface area (Å²) in [5.74, 6) is -1.79. The molecule has 8 rings (SSSR count). The summed E-state index contributed by atoms with van der Waals surface area (Å²) in [7, 11) is 0. The summed E-state index contributed by atoms with van der Waals surface area (Å²) in [4.78, 5) is 17.8. The molecule has 3 saturated heterocycles. The Morgan fingerprint density at radius 3 is 2.58 bits per heavy atom. The van der Waals surface area contributed by atoms with Crippen LogP contribution in [-0.2, 0) is 6.42 Å². The van der Waals surface area contributed by atoms with Crippen LogP contribution in [0, 0.1) is 23.0 Å². The van der Waals surface area contributed by atoms with Gasteiger partial charge in [-0.05, 0) is 81.6 Å². The molecule has 0 saturated carbocycles. The maximum atomic E-state index is 17.0. The van der Waals surface area contributed by atoms with E-state index in [2.05, 4.69) is 25.2 Å². The Morgan fingerprint density at radius 2 is 1.83 bits per heavy atom. The molecule has 2 aromatic carbocycles. The number of aryl methyl sites for hydroxylation is 1. The highest BCUT2D eigenvalue weighted by molar-refractivity contribution is 6.03. The number of pyridine rings is 1. The molecule has 6 heterocycles. The summed E-state index contributed by atoms with van der Waals surface area (Å²) in [5.41, 5.74) is -0.470. The van der Waals surface area contributed by atoms with Crippen LogP contribution in [0.15, 0.2) is 24.3 Å². The zero-order chi connectivity index (χ0) is 33.7. The summed E-state index contributed by atoms with van der Waals surface area (Å²) in [6, 6.07) is 6.11. The number of halogens is 4. The summed E-state index contributed by atoms with van der Waals surface area (Å²) in [5, 5.41) is 23.4. The van der Waals surface area contributed by atoms with Gasteiger partial charge in [-0.25, -0.2) is 22.5 Å². The van der Waals surface area contributed by atoms with Gasteiger partial charge in [0.1, 0.15) is 41.3 Å². The Labute approximate surface area is 275 Å². The van der Waals surface area contributed by atoms with Crippen molar-refractivity contribution in [3.05, 3.63) is 47.2 Å². The van der Waals surface area contributed by atoms with E-state index < -0.39 is 30.3 Å². The largest absolute Gasteiger partial charge is 0.508 e. The second-order valence-electron chi connectivity index (χ2n) is 12.8. The minimum atomic E-state index is -1.69. The standard InChI is InChI=1S/C33H31F4N7O2.C2H6/c34-21-7-6-17-12-18(45)13-19(25(17)20(21)14-38)28-27(36)29-26-22(39-28)4-1-5-23-30(37)40-24(35)15-44(23)31(26)42-32(41-29)46-16-33-8-2-10-43(33)11-3-9-33;1-2/h6-7,12-13,23-24,30,40,45H,1-5,8-11,15-16H2;1-2H3. The second-order valence-corrected chi connectivity index (χ2v) is 12.8. The van der Waals surface area contributed by atoms with Gasteiger partial charge < -0.3 is 14.7 Å². The average Bonchev–Trinajstić information content (AvgIpc) is 3.66. The Bertz CT molecular complexity index is 1930. The maximum Gasteiger partial charge on any atom is 0.319 e. The number of nitrogens with zero attached hydrogens (tertiary/aromatic N) is 6. The molecule has 0 aliphatic carbocycles. The first-order valence-corrected chi connectivity index (χ1v) is 16.7. The molecule has 2 aromatic heterocycles. The Hall–Kier alpha value is -4.28. The van der Waals surface area contributed by atoms with Crippen LogP contribution in [0.2, 0.25) is 0 Å². The van der Waals surface area contributed by atoms with Gasteiger partial charge in [0.2, 0.25) is 0 Å². The van der Waals surface area contributed by atoms with Crippen LogP contribution in [0.1, 0.15) is 63.6 Å². The van der Waals surface area contributed by atoms with E-state index in [0.29, 0.717) is 30.3 Å². The molecule has 0 spiro atoms. The average molecular weight is 664 g/mol. The Kier molecular flexibility index (Phi) is 8.49. The summed E-state index contributed by atoms with van der Waals surface area (Å²) in [6.45, 7) is 6.01. The van der Waals surface area contributed by atoms with Crippen LogP contribution in [0.25, 0.3) is 32.9 Å². The van der Waals surface area contributed by atoms with Crippen molar-refractivity contribution in [2.45, 2.75) is 83.0 Å². The van der Waals surface area contributed by atoms with Gasteiger partial charge >= 0.3 is 6.01 Å². The van der Waals surface area contributed by atoms with Crippen LogP contribution in [0.5, 0.6) is 11.8 Å². The number of rotatable bonds is 4. The molecular formula is C35H37F4N7O2. The number of benzene rings is 2. The zero-order valence-electron chi connectivity index (χ0n) is 26.9. The SMILES string of the molecule is CC.N#Cc1c(F)ccc2cc(O)cc(-c3nc4c5c(nc(OCC67CCCN6CCC7)nc5c3F)N3CC(F)NC(F)C3CCC4)c12. The smallest absolute Gasteiger partial charge is 0.319 e. The van der Waals surface area contributed by atoms with Crippen molar-refractivity contribution >= 4 is 27.5 Å². The van der Waals surface area contributed by atoms with Gasteiger partial charge in [-0.15, -0.1) is 0 Å². The van der Waals surface area contributed by atoms with Crippen molar-refractivity contribution in [2.75, 3.05) is 31.1 Å². The molecule has 3 unspecified atom stereocenters. The van der Waals surface area contributed by atoms with Crippen molar-refractivity contribution in [3.8, 4) is 29.1 Å². The van der Waals surface area contributed by atoms with E-state index in [1.165, 1.54) is 23.1 Å². The predicted octanol–water partition coefficient (Wildman–Crippen LogP) is 6.44. The molecule has 2 N–H and O–H groups in total. The topological polar surface area (TPSA) is 110 Å². The van der Waals surface area contributed by atoms with Gasteiger partial charge in [-0.1, -0.05) is 19.9 Å². The number of phenolic OH excluding ortho intramolecular Hbond substituents is 1. The fourth-order valence-electron chi connectivity index (χ4n) is 8.05. The number of ether oxygens (including phenoxy) is 1. The van der Waals surface area contributed by atoms with Gasteiger partial charge in [-0.3, -0.25) is 10.2 Å². The molecule has 0 amide bonds. The van der Waals surface area contributed by atoms with Crippen molar-refractivity contribution < 1.29 is 27.4 Å². The van der Waals surface area contributed by atoms with Gasteiger partial charge in [0.05, 0.1) is 34.8 Å². The third-order valence-electron chi connectivity index (χ3n) is 10.1. The van der Waals surface area contributed by atoms with Crippen LogP contribution in [0.4, 0.5) is 23.4 Å². The normalized spacial score (nSPS) is 23.1. The Morgan fingerprint density at radius 1 is 1.06 bits per heavy atom. The second kappa shape index (κ2) is 12.6. The van der Waals surface area contributed by atoms with Gasteiger partial charge in [-0.2, -0.15) is 15.2 Å². The molecule has 4 aromatic rings. The molecule has 13 heteroatoms. The molecule has 4 aliphatic heterocycles. The number of hydrogen-bond acceptors (Lipinski definition) is 9. The lowest BCUT2D eigenvalue weighted by atomic mass is 9.94. The number of alkyl halides is 2. The quantitative estimate of drug-likeness (QED) is 0.188. The number of aromatic nitrogens is 3. The van der Waals surface area contributed by atoms with Gasteiger partial charge in [0.15, 0.2) is 18.4 Å². The van der Waals surface area contributed by atoms with E-state index in [1.54, 1.807) is 0 Å². The fraction of sp³-hybridized carbons (Fsp3) is 0.486.